The molecule has 0 saturated carbocycles. The maximum atomic E-state index is 12.4. The second-order valence-electron chi connectivity index (χ2n) is 6.11. The number of carbonyl (C=O) groups excluding carboxylic acids is 2. The Hall–Kier alpha value is -2.34. The van der Waals surface area contributed by atoms with Crippen LogP contribution in [-0.2, 0) is 22.4 Å². The average Bonchev–Trinajstić information content (AvgIpc) is 3.17. The molecular formula is C21H18Cl2N2O2S. The molecule has 0 aliphatic rings. The van der Waals surface area contributed by atoms with Gasteiger partial charge in [0.25, 0.3) is 0 Å². The van der Waals surface area contributed by atoms with Gasteiger partial charge in [0.2, 0.25) is 11.8 Å². The van der Waals surface area contributed by atoms with Crippen molar-refractivity contribution >= 4 is 57.7 Å². The first-order chi connectivity index (χ1) is 13.5. The Bertz CT molecular complexity index is 974. The summed E-state index contributed by atoms with van der Waals surface area (Å²) in [6, 6.07) is 16.3. The van der Waals surface area contributed by atoms with E-state index in [9.17, 15) is 9.59 Å². The number of anilines is 2. The molecule has 1 aromatic heterocycles. The van der Waals surface area contributed by atoms with E-state index >= 15 is 0 Å². The highest BCUT2D eigenvalue weighted by atomic mass is 35.5. The lowest BCUT2D eigenvalue weighted by Crippen LogP contribution is -2.18. The van der Waals surface area contributed by atoms with Gasteiger partial charge in [-0.15, -0.1) is 11.3 Å². The molecule has 3 aromatic rings. The smallest absolute Gasteiger partial charge is 0.229 e. The third-order valence-electron chi connectivity index (χ3n) is 4.04. The number of thiophene rings is 1. The number of hydrogen-bond donors (Lipinski definition) is 2. The molecule has 0 fully saturated rings. The number of para-hydroxylation sites is 2. The largest absolute Gasteiger partial charge is 0.324 e. The van der Waals surface area contributed by atoms with Crippen LogP contribution in [0, 0.1) is 0 Å². The number of nitrogens with one attached hydrogen (secondary N) is 2. The van der Waals surface area contributed by atoms with Crippen LogP contribution in [0.2, 0.25) is 10.0 Å². The fourth-order valence-corrected chi connectivity index (χ4v) is 3.79. The molecule has 3 rings (SSSR count). The van der Waals surface area contributed by atoms with Crippen LogP contribution < -0.4 is 10.6 Å². The molecule has 0 unspecified atom stereocenters. The van der Waals surface area contributed by atoms with Gasteiger partial charge in [0, 0.05) is 11.3 Å². The number of rotatable bonds is 7. The second kappa shape index (κ2) is 9.73. The van der Waals surface area contributed by atoms with Gasteiger partial charge in [-0.25, -0.2) is 0 Å². The molecule has 4 nitrogen and oxygen atoms in total. The third-order valence-corrected chi connectivity index (χ3v) is 5.78. The molecular weight excluding hydrogens is 415 g/mol. The Morgan fingerprint density at radius 2 is 1.57 bits per heavy atom. The Labute approximate surface area is 177 Å². The molecule has 2 amide bonds. The Morgan fingerprint density at radius 3 is 2.25 bits per heavy atom. The monoisotopic (exact) mass is 432 g/mol. The van der Waals surface area contributed by atoms with Crippen molar-refractivity contribution in [3.05, 3.63) is 80.5 Å². The van der Waals surface area contributed by atoms with Crippen LogP contribution in [0.3, 0.4) is 0 Å². The van der Waals surface area contributed by atoms with Crippen LogP contribution in [0.4, 0.5) is 11.4 Å². The summed E-state index contributed by atoms with van der Waals surface area (Å²) in [5, 5.41) is 8.59. The summed E-state index contributed by atoms with van der Waals surface area (Å²) in [5.74, 6) is -0.300. The lowest BCUT2D eigenvalue weighted by atomic mass is 10.1. The SMILES string of the molecule is O=C(CCc1cccc(Cl)c1Cl)Nc1ccccc1NC(=O)Cc1cccs1. The predicted octanol–water partition coefficient (Wildman–Crippen LogP) is 5.81. The first kappa shape index (κ1) is 20.4. The molecule has 144 valence electrons. The van der Waals surface area contributed by atoms with E-state index < -0.39 is 0 Å². The van der Waals surface area contributed by atoms with Crippen molar-refractivity contribution in [1.29, 1.82) is 0 Å². The van der Waals surface area contributed by atoms with E-state index in [0.29, 0.717) is 34.3 Å². The van der Waals surface area contributed by atoms with Gasteiger partial charge in [-0.05, 0) is 41.6 Å². The van der Waals surface area contributed by atoms with Crippen LogP contribution in [0.5, 0.6) is 0 Å². The van der Waals surface area contributed by atoms with Crippen molar-refractivity contribution in [3.63, 3.8) is 0 Å². The molecule has 0 aliphatic heterocycles. The van der Waals surface area contributed by atoms with E-state index in [0.717, 1.165) is 10.4 Å². The van der Waals surface area contributed by atoms with Crippen LogP contribution in [0.1, 0.15) is 16.9 Å². The minimum absolute atomic E-state index is 0.130. The molecule has 0 saturated heterocycles. The minimum Gasteiger partial charge on any atom is -0.324 e. The molecule has 0 radical (unpaired) electrons. The summed E-state index contributed by atoms with van der Waals surface area (Å²) in [7, 11) is 0. The minimum atomic E-state index is -0.170. The van der Waals surface area contributed by atoms with Crippen molar-refractivity contribution in [3.8, 4) is 0 Å². The van der Waals surface area contributed by atoms with Crippen LogP contribution in [0.15, 0.2) is 60.0 Å². The number of aryl methyl sites for hydroxylation is 1. The van der Waals surface area contributed by atoms with Gasteiger partial charge >= 0.3 is 0 Å². The number of halogens is 2. The fourth-order valence-electron chi connectivity index (χ4n) is 2.67. The lowest BCUT2D eigenvalue weighted by Gasteiger charge is -2.12. The highest BCUT2D eigenvalue weighted by Crippen LogP contribution is 2.27. The molecule has 0 aliphatic carbocycles. The first-order valence-corrected chi connectivity index (χ1v) is 10.3. The molecule has 28 heavy (non-hydrogen) atoms. The van der Waals surface area contributed by atoms with Crippen molar-refractivity contribution < 1.29 is 9.59 Å². The predicted molar refractivity (Wildman–Crippen MR) is 117 cm³/mol. The Kier molecular flexibility index (Phi) is 7.09. The summed E-state index contributed by atoms with van der Waals surface area (Å²) in [6.45, 7) is 0. The zero-order chi connectivity index (χ0) is 19.9. The van der Waals surface area contributed by atoms with Crippen molar-refractivity contribution in [2.24, 2.45) is 0 Å². The number of benzene rings is 2. The fraction of sp³-hybridized carbons (Fsp3) is 0.143. The summed E-state index contributed by atoms with van der Waals surface area (Å²) in [5.41, 5.74) is 1.95. The van der Waals surface area contributed by atoms with E-state index in [1.54, 1.807) is 30.3 Å². The van der Waals surface area contributed by atoms with Crippen molar-refractivity contribution in [1.82, 2.24) is 0 Å². The van der Waals surface area contributed by atoms with E-state index in [4.69, 9.17) is 23.2 Å². The van der Waals surface area contributed by atoms with E-state index in [1.165, 1.54) is 11.3 Å². The molecule has 0 bridgehead atoms. The summed E-state index contributed by atoms with van der Waals surface area (Å²) in [6.07, 6.45) is 1.02. The van der Waals surface area contributed by atoms with Gasteiger partial charge in [0.15, 0.2) is 0 Å². The summed E-state index contributed by atoms with van der Waals surface area (Å²) < 4.78 is 0. The van der Waals surface area contributed by atoms with Gasteiger partial charge in [0.1, 0.15) is 0 Å². The topological polar surface area (TPSA) is 58.2 Å². The van der Waals surface area contributed by atoms with Crippen LogP contribution >= 0.6 is 34.5 Å². The molecule has 2 N–H and O–H groups in total. The Morgan fingerprint density at radius 1 is 0.857 bits per heavy atom. The van der Waals surface area contributed by atoms with Crippen molar-refractivity contribution in [2.45, 2.75) is 19.3 Å². The van der Waals surface area contributed by atoms with Crippen LogP contribution in [-0.4, -0.2) is 11.8 Å². The summed E-state index contributed by atoms with van der Waals surface area (Å²) in [4.78, 5) is 25.6. The normalized spacial score (nSPS) is 10.5. The average molecular weight is 433 g/mol. The first-order valence-electron chi connectivity index (χ1n) is 8.67. The number of hydrogen-bond acceptors (Lipinski definition) is 3. The van der Waals surface area contributed by atoms with Gasteiger partial charge < -0.3 is 10.6 Å². The zero-order valence-corrected chi connectivity index (χ0v) is 17.2. The molecule has 2 aromatic carbocycles. The van der Waals surface area contributed by atoms with Crippen LogP contribution in [0.25, 0.3) is 0 Å². The molecule has 0 atom stereocenters. The molecule has 7 heteroatoms. The summed E-state index contributed by atoms with van der Waals surface area (Å²) >= 11 is 13.7. The lowest BCUT2D eigenvalue weighted by molar-refractivity contribution is -0.116. The number of amides is 2. The van der Waals surface area contributed by atoms with E-state index in [2.05, 4.69) is 10.6 Å². The highest BCUT2D eigenvalue weighted by Gasteiger charge is 2.12. The molecule has 1 heterocycles. The Balaban J connectivity index is 1.60. The number of carbonyl (C=O) groups is 2. The maximum Gasteiger partial charge on any atom is 0.229 e. The second-order valence-corrected chi connectivity index (χ2v) is 7.93. The third kappa shape index (κ3) is 5.58. The van der Waals surface area contributed by atoms with E-state index in [-0.39, 0.29) is 18.2 Å². The highest BCUT2D eigenvalue weighted by molar-refractivity contribution is 7.10. The maximum absolute atomic E-state index is 12.4. The van der Waals surface area contributed by atoms with Gasteiger partial charge in [-0.3, -0.25) is 9.59 Å². The van der Waals surface area contributed by atoms with Gasteiger partial charge in [0.05, 0.1) is 27.8 Å². The standard InChI is InChI=1S/C21H18Cl2N2O2S/c22-16-7-3-5-14(21(16)23)10-11-19(26)24-17-8-1-2-9-18(17)25-20(27)13-15-6-4-12-28-15/h1-9,12H,10-11,13H2,(H,24,26)(H,25,27). The quantitative estimate of drug-likeness (QED) is 0.494. The zero-order valence-electron chi connectivity index (χ0n) is 14.9. The molecule has 0 spiro atoms. The van der Waals surface area contributed by atoms with Crippen molar-refractivity contribution in [2.75, 3.05) is 10.6 Å². The van der Waals surface area contributed by atoms with Gasteiger partial charge in [-0.2, -0.15) is 0 Å². The van der Waals surface area contributed by atoms with E-state index in [1.807, 2.05) is 29.6 Å². The van der Waals surface area contributed by atoms with Gasteiger partial charge in [-0.1, -0.05) is 53.5 Å².